The highest BCUT2D eigenvalue weighted by molar-refractivity contribution is 5.81. The Morgan fingerprint density at radius 2 is 1.80 bits per heavy atom. The van der Waals surface area contributed by atoms with Crippen molar-refractivity contribution in [2.24, 2.45) is 23.5 Å². The molecular weight excluding hydrogens is 186 g/mol. The lowest BCUT2D eigenvalue weighted by molar-refractivity contribution is -0.124. The molecule has 2 aliphatic carbocycles. The van der Waals surface area contributed by atoms with Crippen molar-refractivity contribution in [3.63, 3.8) is 0 Å². The van der Waals surface area contributed by atoms with Gasteiger partial charge in [0.2, 0.25) is 0 Å². The van der Waals surface area contributed by atoms with Gasteiger partial charge in [-0.15, -0.1) is 0 Å². The Labute approximate surface area is 92.6 Å². The van der Waals surface area contributed by atoms with Crippen molar-refractivity contribution < 1.29 is 4.79 Å². The van der Waals surface area contributed by atoms with E-state index in [0.717, 1.165) is 18.8 Å². The fourth-order valence-corrected chi connectivity index (χ4v) is 2.67. The zero-order chi connectivity index (χ0) is 10.8. The molecule has 2 N–H and O–H groups in total. The van der Waals surface area contributed by atoms with Crippen molar-refractivity contribution in [1.29, 1.82) is 0 Å². The van der Waals surface area contributed by atoms with Crippen molar-refractivity contribution in [2.75, 3.05) is 0 Å². The third-order valence-corrected chi connectivity index (χ3v) is 4.14. The Morgan fingerprint density at radius 3 is 2.33 bits per heavy atom. The van der Waals surface area contributed by atoms with Crippen LogP contribution in [-0.4, -0.2) is 11.8 Å². The number of hydrogen-bond acceptors (Lipinski definition) is 2. The van der Waals surface area contributed by atoms with Crippen LogP contribution in [0.3, 0.4) is 0 Å². The fourth-order valence-electron chi connectivity index (χ4n) is 2.67. The molecule has 2 heteroatoms. The summed E-state index contributed by atoms with van der Waals surface area (Å²) >= 11 is 0. The van der Waals surface area contributed by atoms with E-state index < -0.39 is 0 Å². The standard InChI is InChI=1S/C13H23NO/c1-9-2-4-11(5-3-9)13(15)8-12(14)10-6-7-10/h9-12H,2-8,14H2,1H3. The molecule has 0 aromatic heterocycles. The predicted octanol–water partition coefficient (Wildman–Crippen LogP) is 2.51. The average Bonchev–Trinajstić information content (AvgIpc) is 3.01. The fraction of sp³-hybridized carbons (Fsp3) is 0.923. The number of hydrogen-bond donors (Lipinski definition) is 1. The van der Waals surface area contributed by atoms with E-state index in [2.05, 4.69) is 6.92 Å². The summed E-state index contributed by atoms with van der Waals surface area (Å²) in [5.41, 5.74) is 5.99. The Balaban J connectivity index is 1.75. The smallest absolute Gasteiger partial charge is 0.137 e. The Kier molecular flexibility index (Phi) is 3.45. The Morgan fingerprint density at radius 1 is 1.20 bits per heavy atom. The molecule has 0 aromatic carbocycles. The highest BCUT2D eigenvalue weighted by Gasteiger charge is 2.32. The molecular formula is C13H23NO. The molecule has 2 aliphatic rings. The maximum atomic E-state index is 12.0. The Bertz CT molecular complexity index is 227. The van der Waals surface area contributed by atoms with Crippen LogP contribution in [-0.2, 0) is 4.79 Å². The van der Waals surface area contributed by atoms with Gasteiger partial charge in [0.25, 0.3) is 0 Å². The molecule has 0 bridgehead atoms. The van der Waals surface area contributed by atoms with Crippen molar-refractivity contribution in [1.82, 2.24) is 0 Å². The zero-order valence-corrected chi connectivity index (χ0v) is 9.74. The molecule has 0 amide bonds. The average molecular weight is 209 g/mol. The van der Waals surface area contributed by atoms with Crippen molar-refractivity contribution >= 4 is 5.78 Å². The molecule has 86 valence electrons. The van der Waals surface area contributed by atoms with Crippen molar-refractivity contribution in [3.05, 3.63) is 0 Å². The molecule has 2 fully saturated rings. The van der Waals surface area contributed by atoms with E-state index in [0.29, 0.717) is 24.0 Å². The van der Waals surface area contributed by atoms with E-state index in [9.17, 15) is 4.79 Å². The highest BCUT2D eigenvalue weighted by Crippen LogP contribution is 2.35. The van der Waals surface area contributed by atoms with Gasteiger partial charge in [-0.25, -0.2) is 0 Å². The predicted molar refractivity (Wildman–Crippen MR) is 61.4 cm³/mol. The molecule has 0 aromatic rings. The van der Waals surface area contributed by atoms with Gasteiger partial charge in [-0.2, -0.15) is 0 Å². The summed E-state index contributed by atoms with van der Waals surface area (Å²) in [5.74, 6) is 2.27. The lowest BCUT2D eigenvalue weighted by Crippen LogP contribution is -2.30. The molecule has 0 saturated heterocycles. The molecule has 15 heavy (non-hydrogen) atoms. The second-order valence-corrected chi connectivity index (χ2v) is 5.63. The third-order valence-electron chi connectivity index (χ3n) is 4.14. The molecule has 0 heterocycles. The summed E-state index contributed by atoms with van der Waals surface area (Å²) in [5, 5.41) is 0. The third kappa shape index (κ3) is 3.04. The first-order valence-electron chi connectivity index (χ1n) is 6.45. The first kappa shape index (κ1) is 11.1. The van der Waals surface area contributed by atoms with Crippen LogP contribution in [0.4, 0.5) is 0 Å². The summed E-state index contributed by atoms with van der Waals surface area (Å²) in [4.78, 5) is 12.0. The van der Waals surface area contributed by atoms with Crippen LogP contribution in [0, 0.1) is 17.8 Å². The van der Waals surface area contributed by atoms with Crippen LogP contribution in [0.2, 0.25) is 0 Å². The quantitative estimate of drug-likeness (QED) is 0.773. The van der Waals surface area contributed by atoms with Crippen LogP contribution in [0.1, 0.15) is 51.9 Å². The maximum Gasteiger partial charge on any atom is 0.137 e. The van der Waals surface area contributed by atoms with Crippen LogP contribution >= 0.6 is 0 Å². The van der Waals surface area contributed by atoms with Crippen LogP contribution in [0.5, 0.6) is 0 Å². The summed E-state index contributed by atoms with van der Waals surface area (Å²) in [6.07, 6.45) is 7.81. The minimum absolute atomic E-state index is 0.164. The van der Waals surface area contributed by atoms with Crippen LogP contribution < -0.4 is 5.73 Å². The number of carbonyl (C=O) groups excluding carboxylic acids is 1. The van der Waals surface area contributed by atoms with E-state index in [1.54, 1.807) is 0 Å². The monoisotopic (exact) mass is 209 g/mol. The first-order valence-corrected chi connectivity index (χ1v) is 6.45. The number of rotatable bonds is 4. The zero-order valence-electron chi connectivity index (χ0n) is 9.74. The first-order chi connectivity index (χ1) is 7.16. The largest absolute Gasteiger partial charge is 0.327 e. The van der Waals surface area contributed by atoms with E-state index in [-0.39, 0.29) is 6.04 Å². The molecule has 2 nitrogen and oxygen atoms in total. The van der Waals surface area contributed by atoms with E-state index in [1.807, 2.05) is 0 Å². The summed E-state index contributed by atoms with van der Waals surface area (Å²) in [6, 6.07) is 0.164. The minimum atomic E-state index is 0.164. The molecule has 2 saturated carbocycles. The van der Waals surface area contributed by atoms with Gasteiger partial charge in [-0.3, -0.25) is 4.79 Å². The van der Waals surface area contributed by atoms with Gasteiger partial charge in [0.05, 0.1) is 0 Å². The van der Waals surface area contributed by atoms with Gasteiger partial charge >= 0.3 is 0 Å². The number of Topliss-reactive ketones (excluding diaryl/α,β-unsaturated/α-hetero) is 1. The summed E-state index contributed by atoms with van der Waals surface area (Å²) in [7, 11) is 0. The van der Waals surface area contributed by atoms with Gasteiger partial charge in [0.1, 0.15) is 5.78 Å². The number of carbonyl (C=O) groups is 1. The van der Waals surface area contributed by atoms with Gasteiger partial charge in [-0.05, 0) is 37.5 Å². The van der Waals surface area contributed by atoms with Crippen LogP contribution in [0.25, 0.3) is 0 Å². The number of nitrogens with two attached hydrogens (primary N) is 1. The topological polar surface area (TPSA) is 43.1 Å². The van der Waals surface area contributed by atoms with E-state index >= 15 is 0 Å². The molecule has 2 rings (SSSR count). The summed E-state index contributed by atoms with van der Waals surface area (Å²) in [6.45, 7) is 2.29. The Hall–Kier alpha value is -0.370. The normalized spacial score (nSPS) is 33.7. The molecule has 0 spiro atoms. The minimum Gasteiger partial charge on any atom is -0.327 e. The van der Waals surface area contributed by atoms with Gasteiger partial charge < -0.3 is 5.73 Å². The lowest BCUT2D eigenvalue weighted by Gasteiger charge is -2.25. The van der Waals surface area contributed by atoms with E-state index in [1.165, 1.54) is 25.7 Å². The second kappa shape index (κ2) is 4.65. The van der Waals surface area contributed by atoms with Crippen LogP contribution in [0.15, 0.2) is 0 Å². The van der Waals surface area contributed by atoms with Gasteiger partial charge in [0, 0.05) is 18.4 Å². The lowest BCUT2D eigenvalue weighted by atomic mass is 9.79. The van der Waals surface area contributed by atoms with Gasteiger partial charge in [-0.1, -0.05) is 19.8 Å². The second-order valence-electron chi connectivity index (χ2n) is 5.63. The molecule has 1 atom stereocenters. The molecule has 0 aliphatic heterocycles. The van der Waals surface area contributed by atoms with Crippen molar-refractivity contribution in [2.45, 2.75) is 57.9 Å². The van der Waals surface area contributed by atoms with E-state index in [4.69, 9.17) is 5.73 Å². The highest BCUT2D eigenvalue weighted by atomic mass is 16.1. The number of ketones is 1. The van der Waals surface area contributed by atoms with Crippen molar-refractivity contribution in [3.8, 4) is 0 Å². The molecule has 0 radical (unpaired) electrons. The summed E-state index contributed by atoms with van der Waals surface area (Å²) < 4.78 is 0. The van der Waals surface area contributed by atoms with Gasteiger partial charge in [0.15, 0.2) is 0 Å². The maximum absolute atomic E-state index is 12.0. The molecule has 1 unspecified atom stereocenters. The SMILES string of the molecule is CC1CCC(C(=O)CC(N)C2CC2)CC1.